The van der Waals surface area contributed by atoms with E-state index >= 15 is 0 Å². The van der Waals surface area contributed by atoms with Gasteiger partial charge in [0.15, 0.2) is 0 Å². The Balaban J connectivity index is 1.17. The van der Waals surface area contributed by atoms with Crippen LogP contribution in [0.3, 0.4) is 0 Å². The molecule has 0 saturated heterocycles. The van der Waals surface area contributed by atoms with Crippen molar-refractivity contribution in [1.82, 2.24) is 0 Å². The van der Waals surface area contributed by atoms with Crippen LogP contribution in [-0.2, 0) is 0 Å². The molecule has 0 amide bonds. The molecule has 0 radical (unpaired) electrons. The number of benzene rings is 6. The van der Waals surface area contributed by atoms with Gasteiger partial charge in [-0.1, -0.05) is 253 Å². The molecule has 6 fully saturated rings. The van der Waals surface area contributed by atoms with Crippen molar-refractivity contribution in [3.05, 3.63) is 96.1 Å². The van der Waals surface area contributed by atoms with Gasteiger partial charge in [0, 0.05) is 11.1 Å². The zero-order valence-corrected chi connectivity index (χ0v) is 43.8. The van der Waals surface area contributed by atoms with E-state index < -0.39 is 16.1 Å². The zero-order valence-electron chi connectivity index (χ0n) is 41.8. The maximum Gasteiger partial charge on any atom is 0.148 e. The molecule has 0 aromatic heterocycles. The summed E-state index contributed by atoms with van der Waals surface area (Å²) >= 11 is 0. The lowest BCUT2D eigenvalue weighted by molar-refractivity contribution is 0.421. The normalized spacial score (nSPS) is 21.8. The first-order chi connectivity index (χ1) is 33.7. The smallest absolute Gasteiger partial charge is 0.125 e. The van der Waals surface area contributed by atoms with Crippen LogP contribution in [0.25, 0.3) is 53.9 Å². The Kier molecular flexibility index (Phi) is 13.4. The van der Waals surface area contributed by atoms with Crippen molar-refractivity contribution in [2.45, 2.75) is 226 Å². The summed E-state index contributed by atoms with van der Waals surface area (Å²) in [6.45, 7) is 0. The van der Waals surface area contributed by atoms with Crippen molar-refractivity contribution < 1.29 is 0 Å². The van der Waals surface area contributed by atoms with E-state index in [9.17, 15) is 0 Å². The monoisotopic (exact) mass is 929 g/mol. The van der Waals surface area contributed by atoms with Crippen molar-refractivity contribution in [3.63, 3.8) is 0 Å². The highest BCUT2D eigenvalue weighted by Crippen LogP contribution is 2.58. The van der Waals surface area contributed by atoms with Gasteiger partial charge in [-0.15, -0.1) is 11.1 Å². The second-order valence-electron chi connectivity index (χ2n) is 23.8. The van der Waals surface area contributed by atoms with Gasteiger partial charge >= 0.3 is 0 Å². The molecule has 6 saturated carbocycles. The first-order valence-corrected chi connectivity index (χ1v) is 33.5. The van der Waals surface area contributed by atoms with E-state index in [2.05, 4.69) is 96.8 Å². The van der Waals surface area contributed by atoms with Crippen molar-refractivity contribution in [3.8, 4) is 22.9 Å². The Labute approximate surface area is 412 Å². The lowest BCUT2D eigenvalue weighted by atomic mass is 9.88. The molecule has 0 unspecified atom stereocenters. The molecule has 6 aromatic carbocycles. The van der Waals surface area contributed by atoms with Crippen LogP contribution in [0.1, 0.15) is 204 Å². The Morgan fingerprint density at radius 1 is 0.265 bits per heavy atom. The summed E-state index contributed by atoms with van der Waals surface area (Å²) in [6.07, 6.45) is 43.1. The van der Waals surface area contributed by atoms with Gasteiger partial charge in [-0.2, -0.15) is 0 Å². The minimum Gasteiger partial charge on any atom is -0.125 e. The summed E-state index contributed by atoms with van der Waals surface area (Å²) in [6, 6.07) is 33.7. The lowest BCUT2D eigenvalue weighted by Gasteiger charge is -2.50. The van der Waals surface area contributed by atoms with Crippen LogP contribution in [0, 0.1) is 22.9 Å². The number of hydrogen-bond acceptors (Lipinski definition) is 0. The van der Waals surface area contributed by atoms with Gasteiger partial charge in [-0.25, -0.2) is 0 Å². The van der Waals surface area contributed by atoms with Crippen molar-refractivity contribution in [2.75, 3.05) is 0 Å². The number of hydrogen-bond donors (Lipinski definition) is 0. The van der Waals surface area contributed by atoms with Gasteiger partial charge in [-0.05, 0) is 124 Å². The van der Waals surface area contributed by atoms with E-state index in [0.717, 1.165) is 33.2 Å². The molecule has 352 valence electrons. The highest BCUT2D eigenvalue weighted by Gasteiger charge is 2.54. The average molecular weight is 930 g/mol. The minimum absolute atomic E-state index is 0.864. The molecule has 6 aliphatic carbocycles. The fraction of sp³-hybridized carbons (Fsp3) is 0.545. The van der Waals surface area contributed by atoms with Gasteiger partial charge < -0.3 is 0 Å². The number of rotatable bonds is 6. The summed E-state index contributed by atoms with van der Waals surface area (Å²) in [5.74, 6) is 8.91. The molecular formula is C66H80Si2. The third-order valence-corrected chi connectivity index (χ3v) is 33.0. The highest BCUT2D eigenvalue weighted by molar-refractivity contribution is 6.91. The Morgan fingerprint density at radius 3 is 0.735 bits per heavy atom. The van der Waals surface area contributed by atoms with Crippen molar-refractivity contribution in [1.29, 1.82) is 0 Å². The largest absolute Gasteiger partial charge is 0.148 e. The lowest BCUT2D eigenvalue weighted by Crippen LogP contribution is -2.50. The van der Waals surface area contributed by atoms with Gasteiger partial charge in [0.25, 0.3) is 0 Å². The first-order valence-electron chi connectivity index (χ1n) is 29.0. The molecule has 0 N–H and O–H groups in total. The summed E-state index contributed by atoms with van der Waals surface area (Å²) in [5.41, 5.74) is 17.3. The fourth-order valence-electron chi connectivity index (χ4n) is 17.1. The zero-order chi connectivity index (χ0) is 45.3. The van der Waals surface area contributed by atoms with E-state index in [4.69, 9.17) is 11.1 Å². The molecular weight excluding hydrogens is 849 g/mol. The van der Waals surface area contributed by atoms with Crippen LogP contribution >= 0.6 is 0 Å². The summed E-state index contributed by atoms with van der Waals surface area (Å²) in [7, 11) is -4.18. The summed E-state index contributed by atoms with van der Waals surface area (Å²) in [5, 5.41) is 13.6. The second kappa shape index (κ2) is 20.1. The van der Waals surface area contributed by atoms with Crippen LogP contribution in [-0.4, -0.2) is 16.1 Å². The third-order valence-electron chi connectivity index (χ3n) is 20.3. The van der Waals surface area contributed by atoms with Crippen LogP contribution in [0.2, 0.25) is 33.2 Å². The SMILES string of the molecule is C(#C[Si](C1CCCCC1)(C1CCCCC1)C1CCCCC1)c1c2cc3ccccc3cc2c(C#C[Si](C2CCCCC2)(C2CCCCC2)C2CCCCC2)c2cc3cc4ccccc4cc3cc12. The van der Waals surface area contributed by atoms with Crippen LogP contribution < -0.4 is 0 Å². The topological polar surface area (TPSA) is 0 Å². The van der Waals surface area contributed by atoms with E-state index in [-0.39, 0.29) is 0 Å². The van der Waals surface area contributed by atoms with E-state index in [1.807, 2.05) is 0 Å². The molecule has 6 aliphatic rings. The van der Waals surface area contributed by atoms with Crippen LogP contribution in [0.5, 0.6) is 0 Å². The minimum atomic E-state index is -2.09. The van der Waals surface area contributed by atoms with Crippen LogP contribution in [0.4, 0.5) is 0 Å². The Morgan fingerprint density at radius 2 is 0.485 bits per heavy atom. The maximum atomic E-state index is 4.73. The summed E-state index contributed by atoms with van der Waals surface area (Å²) in [4.78, 5) is 0. The molecule has 68 heavy (non-hydrogen) atoms. The quantitative estimate of drug-likeness (QED) is 0.0887. The molecule has 0 bridgehead atoms. The van der Waals surface area contributed by atoms with Crippen LogP contribution in [0.15, 0.2) is 84.9 Å². The predicted octanol–water partition coefficient (Wildman–Crippen LogP) is 20.1. The molecule has 6 aromatic rings. The molecule has 0 spiro atoms. The Hall–Kier alpha value is -3.83. The standard InChI is InChI=1S/C66H80Si2/c1-7-27-55(28-8-1)67(56-29-9-2-10-30-56,57-31-11-3-12-32-57)41-39-61-63-45-51-25-21-22-26-52(51)46-64(63)62(66-48-54-44-50-24-20-19-23-49(50)43-53(54)47-65(61)66)40-42-68(58-33-13-4-14-34-58,59-35-15-5-16-36-59)60-37-17-6-18-38-60/h19-26,43-48,55-60H,1-18,27-38H2. The molecule has 12 rings (SSSR count). The predicted molar refractivity (Wildman–Crippen MR) is 300 cm³/mol. The van der Waals surface area contributed by atoms with E-state index in [1.165, 1.54) is 258 Å². The van der Waals surface area contributed by atoms with Crippen molar-refractivity contribution >= 4 is 70.0 Å². The molecule has 2 heteroatoms. The first kappa shape index (κ1) is 45.3. The number of fused-ring (bicyclic) bond motifs is 5. The van der Waals surface area contributed by atoms with Gasteiger partial charge in [0.2, 0.25) is 0 Å². The van der Waals surface area contributed by atoms with Gasteiger partial charge in [0.05, 0.1) is 0 Å². The molecule has 0 aliphatic heterocycles. The third kappa shape index (κ3) is 8.43. The van der Waals surface area contributed by atoms with Gasteiger partial charge in [-0.3, -0.25) is 0 Å². The molecule has 0 nitrogen and oxygen atoms in total. The molecule has 0 atom stereocenters. The maximum absolute atomic E-state index is 4.73. The average Bonchev–Trinajstić information content (AvgIpc) is 3.41. The molecule has 0 heterocycles. The Bertz CT molecular complexity index is 2590. The highest BCUT2D eigenvalue weighted by atomic mass is 28.3. The van der Waals surface area contributed by atoms with E-state index in [0.29, 0.717) is 0 Å². The second-order valence-corrected chi connectivity index (χ2v) is 32.9. The van der Waals surface area contributed by atoms with E-state index in [1.54, 1.807) is 0 Å². The fourth-order valence-corrected chi connectivity index (χ4v) is 31.1. The summed E-state index contributed by atoms with van der Waals surface area (Å²) < 4.78 is 0. The van der Waals surface area contributed by atoms with Gasteiger partial charge in [0.1, 0.15) is 16.1 Å². The van der Waals surface area contributed by atoms with Crippen molar-refractivity contribution in [2.24, 2.45) is 0 Å².